The Kier molecular flexibility index (Phi) is 5.90. The third-order valence-corrected chi connectivity index (χ3v) is 3.85. The topological polar surface area (TPSA) is 56.3 Å². The summed E-state index contributed by atoms with van der Waals surface area (Å²) in [5.41, 5.74) is 1.06. The quantitative estimate of drug-likeness (QED) is 0.771. The Morgan fingerprint density at radius 3 is 3.00 bits per heavy atom. The van der Waals surface area contributed by atoms with Crippen molar-refractivity contribution in [1.82, 2.24) is 15.5 Å². The molecule has 1 aromatic heterocycles. The number of ether oxygens (including phenoxy) is 2. The van der Waals surface area contributed by atoms with Crippen LogP contribution >= 0.6 is 27.3 Å². The molecule has 0 aliphatic rings. The van der Waals surface area contributed by atoms with E-state index in [1.54, 1.807) is 7.11 Å². The van der Waals surface area contributed by atoms with Gasteiger partial charge in [0, 0.05) is 24.7 Å². The molecular formula is C13H16BrN3O2S. The number of aryl methyl sites for hydroxylation is 1. The molecule has 0 aliphatic carbocycles. The molecule has 0 amide bonds. The highest BCUT2D eigenvalue weighted by Crippen LogP contribution is 2.29. The molecule has 0 bridgehead atoms. The highest BCUT2D eigenvalue weighted by molar-refractivity contribution is 9.10. The van der Waals surface area contributed by atoms with Gasteiger partial charge in [-0.15, -0.1) is 5.10 Å². The fourth-order valence-electron chi connectivity index (χ4n) is 1.50. The van der Waals surface area contributed by atoms with Crippen molar-refractivity contribution in [2.45, 2.75) is 13.5 Å². The largest absolute Gasteiger partial charge is 0.429 e. The van der Waals surface area contributed by atoms with Crippen LogP contribution in [0.4, 0.5) is 0 Å². The Bertz CT molecular complexity index is 562. The molecule has 0 atom stereocenters. The van der Waals surface area contributed by atoms with Crippen LogP contribution in [0.5, 0.6) is 10.9 Å². The molecular weight excluding hydrogens is 342 g/mol. The fourth-order valence-corrected chi connectivity index (χ4v) is 2.51. The van der Waals surface area contributed by atoms with E-state index < -0.39 is 0 Å². The zero-order chi connectivity index (χ0) is 14.4. The number of aromatic nitrogens is 2. The summed E-state index contributed by atoms with van der Waals surface area (Å²) in [6.07, 6.45) is 0. The van der Waals surface area contributed by atoms with Crippen molar-refractivity contribution in [2.24, 2.45) is 0 Å². The molecule has 0 unspecified atom stereocenters. The molecule has 0 spiro atoms. The lowest BCUT2D eigenvalue weighted by Crippen LogP contribution is -2.18. The number of benzene rings is 1. The normalized spacial score (nSPS) is 10.8. The Hall–Kier alpha value is -1.02. The summed E-state index contributed by atoms with van der Waals surface area (Å²) in [5, 5.41) is 12.8. The first-order valence-electron chi connectivity index (χ1n) is 6.15. The van der Waals surface area contributed by atoms with Gasteiger partial charge in [0.2, 0.25) is 0 Å². The maximum atomic E-state index is 5.76. The number of nitrogens with one attached hydrogen (secondary N) is 1. The summed E-state index contributed by atoms with van der Waals surface area (Å²) in [7, 11) is 1.68. The van der Waals surface area contributed by atoms with Gasteiger partial charge < -0.3 is 14.8 Å². The molecule has 1 N–H and O–H groups in total. The van der Waals surface area contributed by atoms with Crippen molar-refractivity contribution in [3.63, 3.8) is 0 Å². The third kappa shape index (κ3) is 4.52. The van der Waals surface area contributed by atoms with Gasteiger partial charge in [0.25, 0.3) is 5.19 Å². The highest BCUT2D eigenvalue weighted by atomic mass is 79.9. The highest BCUT2D eigenvalue weighted by Gasteiger charge is 2.08. The number of hydrogen-bond donors (Lipinski definition) is 1. The second kappa shape index (κ2) is 7.68. The molecule has 108 valence electrons. The van der Waals surface area contributed by atoms with Gasteiger partial charge in [0.1, 0.15) is 10.8 Å². The second-order valence-electron chi connectivity index (χ2n) is 4.14. The van der Waals surface area contributed by atoms with E-state index >= 15 is 0 Å². The Morgan fingerprint density at radius 2 is 2.20 bits per heavy atom. The molecule has 0 saturated heterocycles. The predicted molar refractivity (Wildman–Crippen MR) is 82.4 cm³/mol. The molecule has 2 rings (SSSR count). The van der Waals surface area contributed by atoms with Gasteiger partial charge in [0.05, 0.1) is 6.61 Å². The zero-order valence-corrected chi connectivity index (χ0v) is 13.8. The number of methoxy groups -OCH3 is 1. The summed E-state index contributed by atoms with van der Waals surface area (Å²) < 4.78 is 11.7. The van der Waals surface area contributed by atoms with Crippen molar-refractivity contribution < 1.29 is 9.47 Å². The lowest BCUT2D eigenvalue weighted by Gasteiger charge is -2.05. The van der Waals surface area contributed by atoms with E-state index in [1.807, 2.05) is 25.1 Å². The van der Waals surface area contributed by atoms with Gasteiger partial charge in [-0.3, -0.25) is 0 Å². The number of rotatable bonds is 7. The van der Waals surface area contributed by atoms with Gasteiger partial charge >= 0.3 is 0 Å². The van der Waals surface area contributed by atoms with Crippen molar-refractivity contribution in [3.05, 3.63) is 33.2 Å². The first-order chi connectivity index (χ1) is 9.69. The lowest BCUT2D eigenvalue weighted by molar-refractivity contribution is 0.199. The summed E-state index contributed by atoms with van der Waals surface area (Å²) in [4.78, 5) is 0. The SMILES string of the molecule is COCCNCc1nnc(Oc2cc(Br)ccc2C)s1. The molecule has 0 fully saturated rings. The standard InChI is InChI=1S/C13H16BrN3O2S/c1-9-3-4-10(14)7-11(9)19-13-17-16-12(20-13)8-15-5-6-18-2/h3-4,7,15H,5-6,8H2,1-2H3. The van der Waals surface area contributed by atoms with Crippen LogP contribution in [0.25, 0.3) is 0 Å². The molecule has 5 nitrogen and oxygen atoms in total. The molecule has 7 heteroatoms. The van der Waals surface area contributed by atoms with Crippen molar-refractivity contribution >= 4 is 27.3 Å². The van der Waals surface area contributed by atoms with E-state index in [0.29, 0.717) is 18.3 Å². The van der Waals surface area contributed by atoms with Gasteiger partial charge in [-0.1, -0.05) is 38.4 Å². The van der Waals surface area contributed by atoms with Gasteiger partial charge in [0.15, 0.2) is 0 Å². The summed E-state index contributed by atoms with van der Waals surface area (Å²) in [6.45, 7) is 4.13. The Balaban J connectivity index is 1.93. The molecule has 0 aliphatic heterocycles. The summed E-state index contributed by atoms with van der Waals surface area (Å²) in [5.74, 6) is 0.786. The zero-order valence-electron chi connectivity index (χ0n) is 11.4. The second-order valence-corrected chi connectivity index (χ2v) is 6.08. The van der Waals surface area contributed by atoms with E-state index in [9.17, 15) is 0 Å². The van der Waals surface area contributed by atoms with E-state index in [-0.39, 0.29) is 0 Å². The lowest BCUT2D eigenvalue weighted by atomic mass is 10.2. The molecule has 0 saturated carbocycles. The minimum atomic E-state index is 0.551. The summed E-state index contributed by atoms with van der Waals surface area (Å²) in [6, 6.07) is 5.90. The maximum Gasteiger partial charge on any atom is 0.299 e. The average Bonchev–Trinajstić information content (AvgIpc) is 2.87. The smallest absolute Gasteiger partial charge is 0.299 e. The average molecular weight is 358 g/mol. The van der Waals surface area contributed by atoms with E-state index in [0.717, 1.165) is 27.3 Å². The first kappa shape index (κ1) is 15.4. The number of hydrogen-bond acceptors (Lipinski definition) is 6. The predicted octanol–water partition coefficient (Wildman–Crippen LogP) is 3.14. The summed E-state index contributed by atoms with van der Waals surface area (Å²) >= 11 is 4.87. The van der Waals surface area contributed by atoms with Crippen LogP contribution < -0.4 is 10.1 Å². The molecule has 1 aromatic carbocycles. The molecule has 1 heterocycles. The van der Waals surface area contributed by atoms with E-state index in [1.165, 1.54) is 11.3 Å². The van der Waals surface area contributed by atoms with E-state index in [2.05, 4.69) is 31.4 Å². The molecule has 20 heavy (non-hydrogen) atoms. The molecule has 2 aromatic rings. The Morgan fingerprint density at radius 1 is 1.35 bits per heavy atom. The van der Waals surface area contributed by atoms with Gasteiger partial charge in [-0.2, -0.15) is 0 Å². The molecule has 0 radical (unpaired) electrons. The van der Waals surface area contributed by atoms with Crippen LogP contribution in [0, 0.1) is 6.92 Å². The van der Waals surface area contributed by atoms with Crippen molar-refractivity contribution in [3.8, 4) is 10.9 Å². The first-order valence-corrected chi connectivity index (χ1v) is 7.76. The van der Waals surface area contributed by atoms with Crippen LogP contribution in [0.3, 0.4) is 0 Å². The maximum absolute atomic E-state index is 5.76. The fraction of sp³-hybridized carbons (Fsp3) is 0.385. The van der Waals surface area contributed by atoms with Crippen LogP contribution in [0.1, 0.15) is 10.6 Å². The minimum absolute atomic E-state index is 0.551. The number of halogens is 1. The minimum Gasteiger partial charge on any atom is -0.429 e. The monoisotopic (exact) mass is 357 g/mol. The van der Waals surface area contributed by atoms with Crippen LogP contribution in [-0.2, 0) is 11.3 Å². The van der Waals surface area contributed by atoms with Crippen molar-refractivity contribution in [1.29, 1.82) is 0 Å². The van der Waals surface area contributed by atoms with Gasteiger partial charge in [-0.25, -0.2) is 0 Å². The number of nitrogens with zero attached hydrogens (tertiary/aromatic N) is 2. The van der Waals surface area contributed by atoms with Crippen molar-refractivity contribution in [2.75, 3.05) is 20.3 Å². The van der Waals surface area contributed by atoms with E-state index in [4.69, 9.17) is 9.47 Å². The van der Waals surface area contributed by atoms with Crippen LogP contribution in [-0.4, -0.2) is 30.5 Å². The van der Waals surface area contributed by atoms with Crippen LogP contribution in [0.2, 0.25) is 0 Å². The van der Waals surface area contributed by atoms with Crippen LogP contribution in [0.15, 0.2) is 22.7 Å². The third-order valence-electron chi connectivity index (χ3n) is 2.55. The van der Waals surface area contributed by atoms with Gasteiger partial charge in [-0.05, 0) is 24.6 Å². The Labute approximate surface area is 130 Å².